The van der Waals surface area contributed by atoms with Crippen molar-refractivity contribution in [2.24, 2.45) is 0 Å². The summed E-state index contributed by atoms with van der Waals surface area (Å²) in [5.74, 6) is -0.584. The lowest BCUT2D eigenvalue weighted by Gasteiger charge is -2.02. The number of aliphatic hydroxyl groups is 1. The Morgan fingerprint density at radius 2 is 2.54 bits per heavy atom. The molecule has 1 aromatic heterocycles. The summed E-state index contributed by atoms with van der Waals surface area (Å²) < 4.78 is 0.459. The summed E-state index contributed by atoms with van der Waals surface area (Å²) in [7, 11) is 0. The third kappa shape index (κ3) is 2.65. The van der Waals surface area contributed by atoms with Crippen molar-refractivity contribution < 1.29 is 14.6 Å². The van der Waals surface area contributed by atoms with Crippen LogP contribution < -0.4 is 15.6 Å². The van der Waals surface area contributed by atoms with Gasteiger partial charge in [0.25, 0.3) is 5.91 Å². The van der Waals surface area contributed by atoms with Crippen LogP contribution in [0.25, 0.3) is 0 Å². The lowest BCUT2D eigenvalue weighted by atomic mass is 10.4. The van der Waals surface area contributed by atoms with E-state index in [4.69, 9.17) is 5.11 Å². The van der Waals surface area contributed by atoms with Crippen LogP contribution in [0.2, 0.25) is 0 Å². The van der Waals surface area contributed by atoms with Crippen LogP contribution in [0, 0.1) is 5.21 Å². The molecule has 0 aromatic carbocycles. The predicted molar refractivity (Wildman–Crippen MR) is 40.9 cm³/mol. The molecule has 7 heteroatoms. The number of nitrogens with zero attached hydrogens (tertiary/aromatic N) is 2. The van der Waals surface area contributed by atoms with E-state index in [0.717, 1.165) is 12.4 Å². The van der Waals surface area contributed by atoms with E-state index in [9.17, 15) is 10.0 Å². The fourth-order valence-corrected chi connectivity index (χ4v) is 0.677. The van der Waals surface area contributed by atoms with Crippen molar-refractivity contribution in [2.45, 2.75) is 0 Å². The molecule has 3 N–H and O–H groups in total. The smallest absolute Gasteiger partial charge is 0.290 e. The molecule has 0 aliphatic carbocycles. The Morgan fingerprint density at radius 3 is 3.15 bits per heavy atom. The van der Waals surface area contributed by atoms with Crippen LogP contribution in [0.4, 0.5) is 0 Å². The number of aromatic nitrogens is 2. The summed E-state index contributed by atoms with van der Waals surface area (Å²) in [5.41, 5.74) is 4.26. The minimum Gasteiger partial charge on any atom is -0.619 e. The molecule has 0 aliphatic heterocycles. The average Bonchev–Trinajstić information content (AvgIpc) is 2.14. The maximum atomic E-state index is 11.1. The maximum Gasteiger partial charge on any atom is 0.290 e. The highest BCUT2D eigenvalue weighted by atomic mass is 16.5. The molecule has 1 aromatic rings. The molecule has 0 atom stereocenters. The average molecular weight is 184 g/mol. The zero-order valence-electron chi connectivity index (χ0n) is 6.60. The fraction of sp³-hybridized carbons (Fsp3) is 0.167. The van der Waals surface area contributed by atoms with Crippen molar-refractivity contribution in [2.75, 3.05) is 6.73 Å². The molecule has 13 heavy (non-hydrogen) atoms. The molecule has 0 fully saturated rings. The summed E-state index contributed by atoms with van der Waals surface area (Å²) in [5, 5.41) is 19.0. The van der Waals surface area contributed by atoms with Crippen molar-refractivity contribution in [1.29, 1.82) is 0 Å². The second kappa shape index (κ2) is 4.33. The van der Waals surface area contributed by atoms with Crippen molar-refractivity contribution in [3.8, 4) is 0 Å². The third-order valence-electron chi connectivity index (χ3n) is 1.19. The minimum absolute atomic E-state index is 0.0292. The van der Waals surface area contributed by atoms with Crippen molar-refractivity contribution in [3.05, 3.63) is 29.5 Å². The van der Waals surface area contributed by atoms with Gasteiger partial charge in [0.2, 0.25) is 6.20 Å². The standard InChI is InChI=1S/C6H8N4O3/c11-4-8-9-6(12)5-3-10(13)2-1-7-5/h1-3,8,11H,4H2,(H,9,12). The highest BCUT2D eigenvalue weighted by Gasteiger charge is 2.08. The number of aliphatic hydroxyl groups excluding tert-OH is 1. The van der Waals surface area contributed by atoms with Crippen LogP contribution >= 0.6 is 0 Å². The lowest BCUT2D eigenvalue weighted by molar-refractivity contribution is -0.606. The van der Waals surface area contributed by atoms with Crippen LogP contribution in [0.3, 0.4) is 0 Å². The topological polar surface area (TPSA) is 101 Å². The van der Waals surface area contributed by atoms with Gasteiger partial charge in [0, 0.05) is 0 Å². The Balaban J connectivity index is 2.66. The first-order chi connectivity index (χ1) is 6.24. The largest absolute Gasteiger partial charge is 0.619 e. The number of hydrogen-bond acceptors (Lipinski definition) is 5. The SMILES string of the molecule is O=C(NNCO)c1c[n+]([O-])ccn1. The van der Waals surface area contributed by atoms with Gasteiger partial charge in [-0.2, -0.15) is 4.73 Å². The number of nitrogens with one attached hydrogen (secondary N) is 2. The molecular formula is C6H8N4O3. The van der Waals surface area contributed by atoms with Crippen LogP contribution in [0.1, 0.15) is 10.5 Å². The second-order valence-corrected chi connectivity index (χ2v) is 2.09. The summed E-state index contributed by atoms with van der Waals surface area (Å²) in [6.07, 6.45) is 3.39. The van der Waals surface area contributed by atoms with Gasteiger partial charge in [0.1, 0.15) is 6.73 Å². The normalized spacial score (nSPS) is 9.62. The molecule has 1 heterocycles. The molecule has 0 spiro atoms. The molecule has 0 radical (unpaired) electrons. The van der Waals surface area contributed by atoms with Gasteiger partial charge in [-0.15, -0.1) is 0 Å². The number of hydrazine groups is 1. The summed E-state index contributed by atoms with van der Waals surface area (Å²) >= 11 is 0. The van der Waals surface area contributed by atoms with Gasteiger partial charge in [0.15, 0.2) is 11.9 Å². The van der Waals surface area contributed by atoms with Crippen molar-refractivity contribution in [1.82, 2.24) is 15.8 Å². The predicted octanol–water partition coefficient (Wildman–Crippen LogP) is -2.10. The molecule has 0 aliphatic rings. The molecule has 1 amide bonds. The Morgan fingerprint density at radius 1 is 1.77 bits per heavy atom. The highest BCUT2D eigenvalue weighted by molar-refractivity contribution is 5.91. The van der Waals surface area contributed by atoms with E-state index in [2.05, 4.69) is 15.8 Å². The monoisotopic (exact) mass is 184 g/mol. The van der Waals surface area contributed by atoms with Gasteiger partial charge in [-0.05, 0) is 0 Å². The Kier molecular flexibility index (Phi) is 3.12. The van der Waals surface area contributed by atoms with E-state index in [-0.39, 0.29) is 5.69 Å². The van der Waals surface area contributed by atoms with E-state index >= 15 is 0 Å². The zero-order valence-corrected chi connectivity index (χ0v) is 6.60. The molecule has 0 unspecified atom stereocenters. The first kappa shape index (κ1) is 9.36. The van der Waals surface area contributed by atoms with Gasteiger partial charge >= 0.3 is 0 Å². The van der Waals surface area contributed by atoms with Gasteiger partial charge in [-0.25, -0.2) is 10.4 Å². The quantitative estimate of drug-likeness (QED) is 0.216. The van der Waals surface area contributed by atoms with Crippen LogP contribution in [0.5, 0.6) is 0 Å². The van der Waals surface area contributed by atoms with Gasteiger partial charge < -0.3 is 10.3 Å². The molecular weight excluding hydrogens is 176 g/mol. The first-order valence-electron chi connectivity index (χ1n) is 3.43. The van der Waals surface area contributed by atoms with Gasteiger partial charge in [-0.3, -0.25) is 10.2 Å². The van der Waals surface area contributed by atoms with Crippen LogP contribution in [-0.2, 0) is 0 Å². The maximum absolute atomic E-state index is 11.1. The second-order valence-electron chi connectivity index (χ2n) is 2.09. The number of carbonyl (C=O) groups is 1. The van der Waals surface area contributed by atoms with Crippen molar-refractivity contribution in [3.63, 3.8) is 0 Å². The van der Waals surface area contributed by atoms with Crippen LogP contribution in [-0.4, -0.2) is 22.7 Å². The Hall–Kier alpha value is -1.73. The van der Waals surface area contributed by atoms with E-state index in [1.54, 1.807) is 0 Å². The van der Waals surface area contributed by atoms with Gasteiger partial charge in [-0.1, -0.05) is 0 Å². The number of hydrogen-bond donors (Lipinski definition) is 3. The van der Waals surface area contributed by atoms with E-state index in [1.165, 1.54) is 6.20 Å². The molecule has 1 rings (SSSR count). The number of carbonyl (C=O) groups excluding carboxylic acids is 1. The van der Waals surface area contributed by atoms with E-state index in [0.29, 0.717) is 4.73 Å². The molecule has 70 valence electrons. The number of rotatable bonds is 3. The van der Waals surface area contributed by atoms with Crippen molar-refractivity contribution >= 4 is 5.91 Å². The summed E-state index contributed by atoms with van der Waals surface area (Å²) in [6.45, 7) is -0.393. The third-order valence-corrected chi connectivity index (χ3v) is 1.19. The Labute approximate surface area is 73.6 Å². The first-order valence-corrected chi connectivity index (χ1v) is 3.43. The number of amides is 1. The van der Waals surface area contributed by atoms with E-state index in [1.807, 2.05) is 0 Å². The highest BCUT2D eigenvalue weighted by Crippen LogP contribution is 1.86. The van der Waals surface area contributed by atoms with Gasteiger partial charge in [0.05, 0.1) is 6.20 Å². The fourth-order valence-electron chi connectivity index (χ4n) is 0.677. The lowest BCUT2D eigenvalue weighted by Crippen LogP contribution is -2.39. The molecule has 0 bridgehead atoms. The summed E-state index contributed by atoms with van der Waals surface area (Å²) in [4.78, 5) is 14.7. The minimum atomic E-state index is -0.584. The summed E-state index contributed by atoms with van der Waals surface area (Å²) in [6, 6.07) is 0. The molecule has 0 saturated heterocycles. The zero-order chi connectivity index (χ0) is 9.68. The van der Waals surface area contributed by atoms with Crippen LogP contribution in [0.15, 0.2) is 18.6 Å². The molecule has 0 saturated carbocycles. The van der Waals surface area contributed by atoms with E-state index < -0.39 is 12.6 Å². The molecule has 7 nitrogen and oxygen atoms in total. The Bertz CT molecular complexity index is 304.